The summed E-state index contributed by atoms with van der Waals surface area (Å²) in [5.74, 6) is 0.872. The monoisotopic (exact) mass is 418 g/mol. The minimum absolute atomic E-state index is 0.112. The zero-order valence-electron chi connectivity index (χ0n) is 9.98. The Bertz CT molecular complexity index is 677. The molecule has 3 N–H and O–H groups in total. The van der Waals surface area contributed by atoms with Crippen LogP contribution in [0.2, 0.25) is 5.02 Å². The summed E-state index contributed by atoms with van der Waals surface area (Å²) in [6.45, 7) is 0. The third-order valence-electron chi connectivity index (χ3n) is 2.45. The first kappa shape index (κ1) is 15.2. The molecule has 0 aliphatic rings. The van der Waals surface area contributed by atoms with Crippen molar-refractivity contribution in [2.75, 3.05) is 0 Å². The number of halogens is 3. The van der Waals surface area contributed by atoms with Crippen molar-refractivity contribution in [1.29, 1.82) is 0 Å². The highest BCUT2D eigenvalue weighted by atomic mass is 79.9. The average Bonchev–Trinajstić information content (AvgIpc) is 2.41. The number of nitrogens with zero attached hydrogens (tertiary/aromatic N) is 1. The summed E-state index contributed by atoms with van der Waals surface area (Å²) in [6, 6.07) is 10.5. The summed E-state index contributed by atoms with van der Waals surface area (Å²) in [7, 11) is 0. The van der Waals surface area contributed by atoms with Crippen LogP contribution < -0.4 is 10.5 Å². The van der Waals surface area contributed by atoms with Gasteiger partial charge in [-0.25, -0.2) is 0 Å². The number of oxime groups is 1. The molecule has 0 amide bonds. The van der Waals surface area contributed by atoms with E-state index in [2.05, 4.69) is 37.0 Å². The molecule has 7 heteroatoms. The average molecular weight is 420 g/mol. The van der Waals surface area contributed by atoms with Crippen LogP contribution in [0.25, 0.3) is 0 Å². The number of ether oxygens (including phenoxy) is 1. The maximum Gasteiger partial charge on any atom is 0.175 e. The van der Waals surface area contributed by atoms with Gasteiger partial charge < -0.3 is 15.7 Å². The van der Waals surface area contributed by atoms with Gasteiger partial charge in [0.2, 0.25) is 0 Å². The van der Waals surface area contributed by atoms with E-state index in [0.29, 0.717) is 22.1 Å². The first-order valence-electron chi connectivity index (χ1n) is 5.42. The zero-order valence-corrected chi connectivity index (χ0v) is 13.9. The van der Waals surface area contributed by atoms with E-state index in [0.717, 1.165) is 8.95 Å². The molecule has 0 unspecified atom stereocenters. The molecule has 2 aromatic carbocycles. The van der Waals surface area contributed by atoms with Crippen molar-refractivity contribution in [2.45, 2.75) is 0 Å². The zero-order chi connectivity index (χ0) is 14.7. The molecule has 0 radical (unpaired) electrons. The Morgan fingerprint density at radius 1 is 1.20 bits per heavy atom. The molecule has 4 nitrogen and oxygen atoms in total. The lowest BCUT2D eigenvalue weighted by atomic mass is 10.2. The van der Waals surface area contributed by atoms with Gasteiger partial charge in [-0.1, -0.05) is 38.8 Å². The smallest absolute Gasteiger partial charge is 0.175 e. The van der Waals surface area contributed by atoms with Gasteiger partial charge in [0.1, 0.15) is 11.5 Å². The second kappa shape index (κ2) is 6.47. The second-order valence-corrected chi connectivity index (χ2v) is 5.95. The van der Waals surface area contributed by atoms with Crippen LogP contribution in [0.1, 0.15) is 5.56 Å². The number of rotatable bonds is 3. The Hall–Kier alpha value is -1.24. The molecule has 104 valence electrons. The molecule has 0 aliphatic carbocycles. The molecule has 0 fully saturated rings. The summed E-state index contributed by atoms with van der Waals surface area (Å²) in [6.07, 6.45) is 0. The molecular weight excluding hydrogens is 411 g/mol. The van der Waals surface area contributed by atoms with E-state index in [4.69, 9.17) is 27.3 Å². The Morgan fingerprint density at radius 2 is 1.95 bits per heavy atom. The van der Waals surface area contributed by atoms with Gasteiger partial charge in [0.05, 0.1) is 15.1 Å². The largest absolute Gasteiger partial charge is 0.455 e. The molecule has 0 saturated heterocycles. The van der Waals surface area contributed by atoms with Crippen molar-refractivity contribution in [3.63, 3.8) is 0 Å². The third-order valence-corrected chi connectivity index (χ3v) is 3.88. The summed E-state index contributed by atoms with van der Waals surface area (Å²) < 4.78 is 7.45. The van der Waals surface area contributed by atoms with E-state index in [-0.39, 0.29) is 5.84 Å². The molecule has 20 heavy (non-hydrogen) atoms. The van der Waals surface area contributed by atoms with Gasteiger partial charge in [0.25, 0.3) is 0 Å². The number of amidine groups is 1. The first-order valence-corrected chi connectivity index (χ1v) is 7.38. The Kier molecular flexibility index (Phi) is 4.91. The lowest BCUT2D eigenvalue weighted by molar-refractivity contribution is 0.318. The lowest BCUT2D eigenvalue weighted by Gasteiger charge is -2.12. The minimum Gasteiger partial charge on any atom is -0.455 e. The molecule has 2 rings (SSSR count). The molecule has 2 aromatic rings. The summed E-state index contributed by atoms with van der Waals surface area (Å²) in [5.41, 5.74) is 5.97. The number of benzene rings is 2. The minimum atomic E-state index is -0.112. The van der Waals surface area contributed by atoms with Gasteiger partial charge in [-0.15, -0.1) is 0 Å². The second-order valence-electron chi connectivity index (χ2n) is 3.78. The van der Waals surface area contributed by atoms with Crippen LogP contribution in [-0.4, -0.2) is 11.0 Å². The van der Waals surface area contributed by atoms with Crippen molar-refractivity contribution < 1.29 is 9.94 Å². The van der Waals surface area contributed by atoms with Crippen LogP contribution in [-0.2, 0) is 0 Å². The summed E-state index contributed by atoms with van der Waals surface area (Å²) >= 11 is 12.8. The van der Waals surface area contributed by atoms with Crippen LogP contribution in [0.3, 0.4) is 0 Å². The van der Waals surface area contributed by atoms with Gasteiger partial charge in [0.15, 0.2) is 5.84 Å². The predicted molar refractivity (Wildman–Crippen MR) is 85.9 cm³/mol. The van der Waals surface area contributed by atoms with E-state index in [9.17, 15) is 0 Å². The first-order chi connectivity index (χ1) is 9.52. The van der Waals surface area contributed by atoms with Crippen LogP contribution in [0, 0.1) is 0 Å². The Balaban J connectivity index is 2.46. The fourth-order valence-corrected chi connectivity index (χ4v) is 2.96. The van der Waals surface area contributed by atoms with Gasteiger partial charge >= 0.3 is 0 Å². The van der Waals surface area contributed by atoms with E-state index in [1.807, 2.05) is 12.1 Å². The third kappa shape index (κ3) is 3.26. The molecule has 0 bridgehead atoms. The van der Waals surface area contributed by atoms with E-state index in [1.54, 1.807) is 24.3 Å². The van der Waals surface area contributed by atoms with Crippen LogP contribution in [0.5, 0.6) is 11.5 Å². The predicted octanol–water partition coefficient (Wildman–Crippen LogP) is 4.75. The van der Waals surface area contributed by atoms with Crippen LogP contribution in [0.4, 0.5) is 0 Å². The van der Waals surface area contributed by atoms with Gasteiger partial charge in [-0.2, -0.15) is 0 Å². The lowest BCUT2D eigenvalue weighted by Crippen LogP contribution is -2.14. The highest BCUT2D eigenvalue weighted by Gasteiger charge is 2.14. The van der Waals surface area contributed by atoms with Crippen molar-refractivity contribution in [2.24, 2.45) is 10.9 Å². The molecule has 0 aromatic heterocycles. The van der Waals surface area contributed by atoms with E-state index in [1.165, 1.54) is 0 Å². The fraction of sp³-hybridized carbons (Fsp3) is 0. The quantitative estimate of drug-likeness (QED) is 0.326. The molecule has 0 heterocycles. The fourth-order valence-electron chi connectivity index (χ4n) is 1.56. The molecule has 0 saturated carbocycles. The molecule has 0 aliphatic heterocycles. The van der Waals surface area contributed by atoms with Gasteiger partial charge in [-0.05, 0) is 46.3 Å². The molecule has 0 atom stereocenters. The summed E-state index contributed by atoms with van der Waals surface area (Å²) in [5, 5.41) is 12.1. The number of hydrogen-bond donors (Lipinski definition) is 2. The highest BCUT2D eigenvalue weighted by molar-refractivity contribution is 9.11. The SMILES string of the molecule is NC(=NO)c1c(Cl)cccc1Oc1ccc(Br)cc1Br. The van der Waals surface area contributed by atoms with Gasteiger partial charge in [-0.3, -0.25) is 0 Å². The Morgan fingerprint density at radius 3 is 2.60 bits per heavy atom. The number of nitrogens with two attached hydrogens (primary N) is 1. The number of hydrogen-bond acceptors (Lipinski definition) is 3. The van der Waals surface area contributed by atoms with Crippen molar-refractivity contribution >= 4 is 49.3 Å². The molecular formula is C13H9Br2ClN2O2. The van der Waals surface area contributed by atoms with E-state index < -0.39 is 0 Å². The maximum atomic E-state index is 8.83. The van der Waals surface area contributed by atoms with Crippen LogP contribution in [0.15, 0.2) is 50.5 Å². The van der Waals surface area contributed by atoms with Crippen molar-refractivity contribution in [3.8, 4) is 11.5 Å². The van der Waals surface area contributed by atoms with E-state index >= 15 is 0 Å². The highest BCUT2D eigenvalue weighted by Crippen LogP contribution is 2.35. The topological polar surface area (TPSA) is 67.8 Å². The van der Waals surface area contributed by atoms with Crippen molar-refractivity contribution in [1.82, 2.24) is 0 Å². The standard InChI is InChI=1S/C13H9Br2ClN2O2/c14-7-4-5-10(8(15)6-7)20-11-3-1-2-9(16)12(11)13(17)18-19/h1-6,19H,(H2,17,18). The maximum absolute atomic E-state index is 8.83. The Labute approximate surface area is 137 Å². The van der Waals surface area contributed by atoms with Crippen LogP contribution >= 0.6 is 43.5 Å². The van der Waals surface area contributed by atoms with Gasteiger partial charge in [0, 0.05) is 4.47 Å². The van der Waals surface area contributed by atoms with Crippen molar-refractivity contribution in [3.05, 3.63) is 55.9 Å². The molecule has 0 spiro atoms. The summed E-state index contributed by atoms with van der Waals surface area (Å²) in [4.78, 5) is 0. The normalized spacial score (nSPS) is 11.4.